The van der Waals surface area contributed by atoms with Crippen molar-refractivity contribution >= 4 is 29.3 Å². The molecule has 2 unspecified atom stereocenters. The van der Waals surface area contributed by atoms with Gasteiger partial charge in [-0.3, -0.25) is 4.79 Å². The molecule has 6 heteroatoms. The molecule has 0 aliphatic rings. The number of hydrogen-bond donors (Lipinski definition) is 0. The Morgan fingerprint density at radius 3 is 2.46 bits per heavy atom. The van der Waals surface area contributed by atoms with Crippen LogP contribution in [0.5, 0.6) is 0 Å². The highest BCUT2D eigenvalue weighted by molar-refractivity contribution is 6.30. The van der Waals surface area contributed by atoms with Crippen molar-refractivity contribution in [2.75, 3.05) is 0 Å². The van der Waals surface area contributed by atoms with Crippen molar-refractivity contribution < 1.29 is 9.53 Å². The van der Waals surface area contributed by atoms with Gasteiger partial charge in [0.2, 0.25) is 0 Å². The van der Waals surface area contributed by atoms with Crippen molar-refractivity contribution in [3.05, 3.63) is 47.5 Å². The van der Waals surface area contributed by atoms with Crippen LogP contribution in [0.3, 0.4) is 0 Å². The van der Waals surface area contributed by atoms with Crippen LogP contribution in [0.1, 0.15) is 46.6 Å². The van der Waals surface area contributed by atoms with Gasteiger partial charge in [0.05, 0.1) is 11.6 Å². The fourth-order valence-electron chi connectivity index (χ4n) is 2.41. The molecular weight excluding hydrogens is 350 g/mol. The number of halogens is 1. The molecule has 2 rings (SSSR count). The number of aromatic nitrogens is 3. The Balaban J connectivity index is 2.49. The summed E-state index contributed by atoms with van der Waals surface area (Å²) in [5.41, 5.74) is 1.36. The second-order valence-corrected chi connectivity index (χ2v) is 7.89. The van der Waals surface area contributed by atoms with Crippen molar-refractivity contribution in [1.82, 2.24) is 14.8 Å². The molecule has 26 heavy (non-hydrogen) atoms. The lowest BCUT2D eigenvalue weighted by Crippen LogP contribution is -2.36. The van der Waals surface area contributed by atoms with Crippen molar-refractivity contribution in [1.29, 1.82) is 0 Å². The normalized spacial score (nSPS) is 14.8. The maximum atomic E-state index is 12.5. The zero-order chi connectivity index (χ0) is 19.3. The van der Waals surface area contributed by atoms with Crippen LogP contribution in [0.4, 0.5) is 0 Å². The topological polar surface area (TPSA) is 57.0 Å². The number of nitrogens with zero attached hydrogens (tertiary/aromatic N) is 3. The molecule has 0 radical (unpaired) electrons. The quantitative estimate of drug-likeness (QED) is 0.671. The Kier molecular flexibility index (Phi) is 6.59. The molecule has 0 aliphatic carbocycles. The maximum Gasteiger partial charge on any atom is 0.309 e. The summed E-state index contributed by atoms with van der Waals surface area (Å²) < 4.78 is 7.57. The molecule has 140 valence electrons. The van der Waals surface area contributed by atoms with Gasteiger partial charge in [-0.05, 0) is 30.2 Å². The summed E-state index contributed by atoms with van der Waals surface area (Å²) in [6.07, 6.45) is 5.27. The van der Waals surface area contributed by atoms with Gasteiger partial charge in [0.25, 0.3) is 0 Å². The second kappa shape index (κ2) is 8.49. The summed E-state index contributed by atoms with van der Waals surface area (Å²) in [7, 11) is 0. The van der Waals surface area contributed by atoms with Gasteiger partial charge < -0.3 is 4.74 Å². The number of ether oxygens (including phenoxy) is 1. The Bertz CT molecular complexity index is 746. The van der Waals surface area contributed by atoms with E-state index in [1.807, 2.05) is 65.0 Å². The van der Waals surface area contributed by atoms with Crippen molar-refractivity contribution in [2.24, 2.45) is 11.3 Å². The van der Waals surface area contributed by atoms with E-state index in [2.05, 4.69) is 10.1 Å². The molecule has 5 nitrogen and oxygen atoms in total. The summed E-state index contributed by atoms with van der Waals surface area (Å²) >= 11 is 5.98. The van der Waals surface area contributed by atoms with Crippen molar-refractivity contribution in [3.63, 3.8) is 0 Å². The van der Waals surface area contributed by atoms with E-state index >= 15 is 0 Å². The van der Waals surface area contributed by atoms with E-state index in [0.29, 0.717) is 5.02 Å². The minimum Gasteiger partial charge on any atom is -0.455 e. The van der Waals surface area contributed by atoms with Crippen LogP contribution < -0.4 is 0 Å². The molecule has 0 bridgehead atoms. The van der Waals surface area contributed by atoms with Gasteiger partial charge in [0.1, 0.15) is 18.8 Å². The highest BCUT2D eigenvalue weighted by Crippen LogP contribution is 2.32. The Labute approximate surface area is 160 Å². The zero-order valence-corrected chi connectivity index (χ0v) is 16.7. The van der Waals surface area contributed by atoms with Crippen molar-refractivity contribution in [2.45, 2.75) is 47.1 Å². The molecule has 1 heterocycles. The highest BCUT2D eigenvalue weighted by Gasteiger charge is 2.34. The lowest BCUT2D eigenvalue weighted by molar-refractivity contribution is -0.155. The maximum absolute atomic E-state index is 12.5. The number of rotatable bonds is 6. The number of carbonyl (C=O) groups is 1. The van der Waals surface area contributed by atoms with Gasteiger partial charge in [0, 0.05) is 10.4 Å². The fourth-order valence-corrected chi connectivity index (χ4v) is 2.54. The lowest BCUT2D eigenvalue weighted by atomic mass is 9.86. The van der Waals surface area contributed by atoms with E-state index < -0.39 is 6.10 Å². The van der Waals surface area contributed by atoms with E-state index in [4.69, 9.17) is 16.3 Å². The molecule has 2 aromatic rings. The number of carbonyl (C=O) groups excluding carboxylic acids is 1. The van der Waals surface area contributed by atoms with Gasteiger partial charge in [0.15, 0.2) is 0 Å². The van der Waals surface area contributed by atoms with Gasteiger partial charge in [-0.25, -0.2) is 9.67 Å². The largest absolute Gasteiger partial charge is 0.455 e. The lowest BCUT2D eigenvalue weighted by Gasteiger charge is -2.32. The molecule has 0 fully saturated rings. The van der Waals surface area contributed by atoms with E-state index in [9.17, 15) is 4.79 Å². The number of benzene rings is 1. The highest BCUT2D eigenvalue weighted by atomic mass is 35.5. The fraction of sp³-hybridized carbons (Fsp3) is 0.450. The molecule has 0 amide bonds. The van der Waals surface area contributed by atoms with Crippen LogP contribution in [0.2, 0.25) is 5.02 Å². The van der Waals surface area contributed by atoms with Crippen LogP contribution in [-0.4, -0.2) is 26.8 Å². The minimum atomic E-state index is -0.485. The predicted molar refractivity (Wildman–Crippen MR) is 104 cm³/mol. The molecule has 0 aliphatic heterocycles. The molecule has 2 atom stereocenters. The first-order chi connectivity index (χ1) is 12.2. The summed E-state index contributed by atoms with van der Waals surface area (Å²) in [6.45, 7) is 9.95. The molecule has 0 saturated heterocycles. The second-order valence-electron chi connectivity index (χ2n) is 7.45. The molecule has 0 spiro atoms. The van der Waals surface area contributed by atoms with E-state index in [1.165, 1.54) is 6.33 Å². The standard InChI is InChI=1S/C20H26ClN3O2/c1-6-14(2)19(25)26-18(20(3,4)5)17(24-13-22-12-23-24)11-15-7-9-16(21)10-8-15/h7-14,18H,6H2,1-5H3/b17-11+. The summed E-state index contributed by atoms with van der Waals surface area (Å²) in [5.74, 6) is -0.373. The third-order valence-electron chi connectivity index (χ3n) is 4.17. The van der Waals surface area contributed by atoms with Crippen LogP contribution in [0.25, 0.3) is 11.8 Å². The van der Waals surface area contributed by atoms with E-state index in [1.54, 1.807) is 11.0 Å². The molecule has 0 N–H and O–H groups in total. The van der Waals surface area contributed by atoms with Gasteiger partial charge in [-0.2, -0.15) is 5.10 Å². The van der Waals surface area contributed by atoms with Gasteiger partial charge >= 0.3 is 5.97 Å². The monoisotopic (exact) mass is 375 g/mol. The molecule has 0 saturated carbocycles. The van der Waals surface area contributed by atoms with Crippen LogP contribution in [-0.2, 0) is 9.53 Å². The summed E-state index contributed by atoms with van der Waals surface area (Å²) in [4.78, 5) is 16.5. The SMILES string of the molecule is CCC(C)C(=O)OC(/C(=C\c1ccc(Cl)cc1)n1cncn1)C(C)(C)C. The van der Waals surface area contributed by atoms with Crippen LogP contribution in [0, 0.1) is 11.3 Å². The first kappa shape index (κ1) is 20.2. The van der Waals surface area contributed by atoms with E-state index in [-0.39, 0.29) is 17.3 Å². The molecule has 1 aromatic carbocycles. The third-order valence-corrected chi connectivity index (χ3v) is 4.42. The minimum absolute atomic E-state index is 0.160. The predicted octanol–water partition coefficient (Wildman–Crippen LogP) is 4.93. The zero-order valence-electron chi connectivity index (χ0n) is 15.9. The average molecular weight is 376 g/mol. The van der Waals surface area contributed by atoms with Crippen LogP contribution >= 0.6 is 11.6 Å². The van der Waals surface area contributed by atoms with E-state index in [0.717, 1.165) is 17.7 Å². The Morgan fingerprint density at radius 1 is 1.31 bits per heavy atom. The molecule has 1 aromatic heterocycles. The third kappa shape index (κ3) is 5.18. The van der Waals surface area contributed by atoms with Gasteiger partial charge in [-0.1, -0.05) is 58.4 Å². The summed E-state index contributed by atoms with van der Waals surface area (Å²) in [5, 5.41) is 4.92. The number of esters is 1. The molecular formula is C20H26ClN3O2. The average Bonchev–Trinajstić information content (AvgIpc) is 3.12. The smallest absolute Gasteiger partial charge is 0.309 e. The first-order valence-electron chi connectivity index (χ1n) is 8.75. The first-order valence-corrected chi connectivity index (χ1v) is 9.12. The van der Waals surface area contributed by atoms with Crippen molar-refractivity contribution in [3.8, 4) is 0 Å². The number of hydrogen-bond acceptors (Lipinski definition) is 4. The van der Waals surface area contributed by atoms with Crippen LogP contribution in [0.15, 0.2) is 36.9 Å². The Morgan fingerprint density at radius 2 is 1.96 bits per heavy atom. The Hall–Kier alpha value is -2.14. The van der Waals surface area contributed by atoms with Gasteiger partial charge in [-0.15, -0.1) is 0 Å². The summed E-state index contributed by atoms with van der Waals surface area (Å²) in [6, 6.07) is 7.47.